The molecule has 2 N–H and O–H groups in total. The summed E-state index contributed by atoms with van der Waals surface area (Å²) in [5.74, 6) is -1.46. The summed E-state index contributed by atoms with van der Waals surface area (Å²) in [5.41, 5.74) is -0.907. The van der Waals surface area contributed by atoms with Gasteiger partial charge in [-0.2, -0.15) is 0 Å². The van der Waals surface area contributed by atoms with Crippen LogP contribution in [0.2, 0.25) is 0 Å². The van der Waals surface area contributed by atoms with E-state index in [4.69, 9.17) is 9.47 Å². The fourth-order valence-electron chi connectivity index (χ4n) is 4.16. The van der Waals surface area contributed by atoms with Gasteiger partial charge < -0.3 is 24.5 Å². The van der Waals surface area contributed by atoms with Crippen molar-refractivity contribution in [1.82, 2.24) is 20.1 Å². The molecule has 3 rings (SSSR count). The minimum atomic E-state index is -1.20. The number of ketones is 1. The molecule has 1 unspecified atom stereocenters. The second-order valence-corrected chi connectivity index (χ2v) is 10.7. The Bertz CT molecular complexity index is 1070. The minimum absolute atomic E-state index is 0.0213. The predicted molar refractivity (Wildman–Crippen MR) is 132 cm³/mol. The first-order valence-electron chi connectivity index (χ1n) is 12.2. The van der Waals surface area contributed by atoms with Crippen LogP contribution in [0.3, 0.4) is 0 Å². The largest absolute Gasteiger partial charge is 0.481 e. The Labute approximate surface area is 211 Å². The fraction of sp³-hybridized carbons (Fsp3) is 0.577. The molecule has 10 nitrogen and oxygen atoms in total. The molecule has 0 saturated carbocycles. The third kappa shape index (κ3) is 7.13. The molecule has 0 saturated heterocycles. The molecule has 2 atom stereocenters. The molecule has 1 aliphatic rings. The van der Waals surface area contributed by atoms with Crippen molar-refractivity contribution in [3.8, 4) is 0 Å². The van der Waals surface area contributed by atoms with E-state index in [1.165, 1.54) is 0 Å². The van der Waals surface area contributed by atoms with E-state index < -0.39 is 35.0 Å². The number of hydrogen-bond acceptors (Lipinski definition) is 7. The van der Waals surface area contributed by atoms with Crippen LogP contribution < -0.4 is 5.32 Å². The van der Waals surface area contributed by atoms with Crippen LogP contribution in [0.1, 0.15) is 82.9 Å². The van der Waals surface area contributed by atoms with Gasteiger partial charge in [0.15, 0.2) is 5.78 Å². The molecule has 2 aromatic rings. The number of carboxylic acid groups (broad SMARTS) is 1. The van der Waals surface area contributed by atoms with Gasteiger partial charge in [0, 0.05) is 18.9 Å². The van der Waals surface area contributed by atoms with E-state index in [1.54, 1.807) is 39.2 Å². The molecule has 1 amide bonds. The smallest absolute Gasteiger partial charge is 0.408 e. The third-order valence-corrected chi connectivity index (χ3v) is 6.03. The maximum Gasteiger partial charge on any atom is 0.408 e. The van der Waals surface area contributed by atoms with E-state index in [9.17, 15) is 19.5 Å². The first-order valence-corrected chi connectivity index (χ1v) is 12.2. The molecule has 1 aromatic heterocycles. The minimum Gasteiger partial charge on any atom is -0.481 e. The highest BCUT2D eigenvalue weighted by molar-refractivity contribution is 5.91. The molecule has 2 heterocycles. The molecule has 1 aliphatic heterocycles. The summed E-state index contributed by atoms with van der Waals surface area (Å²) in [4.78, 5) is 37.4. The van der Waals surface area contributed by atoms with E-state index in [0.717, 1.165) is 5.56 Å². The Morgan fingerprint density at radius 1 is 1.14 bits per heavy atom. The number of Topliss-reactive ketones (excluding diaryl/α,β-unsaturated/α-hetero) is 1. The molecule has 0 spiro atoms. The van der Waals surface area contributed by atoms with Crippen molar-refractivity contribution >= 4 is 17.8 Å². The van der Waals surface area contributed by atoms with Gasteiger partial charge in [0.2, 0.25) is 0 Å². The van der Waals surface area contributed by atoms with Gasteiger partial charge in [0.1, 0.15) is 23.2 Å². The van der Waals surface area contributed by atoms with Crippen LogP contribution in [0.15, 0.2) is 30.3 Å². The molecule has 10 heteroatoms. The number of benzene rings is 1. The molecule has 0 aliphatic carbocycles. The zero-order valence-corrected chi connectivity index (χ0v) is 21.6. The molecule has 0 radical (unpaired) electrons. The Morgan fingerprint density at radius 3 is 2.47 bits per heavy atom. The van der Waals surface area contributed by atoms with E-state index in [1.807, 2.05) is 30.3 Å². The molecule has 0 bridgehead atoms. The van der Waals surface area contributed by atoms with Gasteiger partial charge in [0.25, 0.3) is 0 Å². The number of alkyl carbamates (subject to hydrolysis) is 1. The summed E-state index contributed by atoms with van der Waals surface area (Å²) in [6.45, 7) is 9.61. The maximum atomic E-state index is 13.4. The van der Waals surface area contributed by atoms with Crippen molar-refractivity contribution in [3.05, 3.63) is 47.5 Å². The average Bonchev–Trinajstić information content (AvgIpc) is 3.21. The Morgan fingerprint density at radius 2 is 1.83 bits per heavy atom. The number of hydrogen-bond donors (Lipinski definition) is 2. The lowest BCUT2D eigenvalue weighted by atomic mass is 9.90. The van der Waals surface area contributed by atoms with Crippen LogP contribution in [0.5, 0.6) is 0 Å². The number of aliphatic carboxylic acids is 1. The van der Waals surface area contributed by atoms with Crippen LogP contribution in [-0.4, -0.2) is 55.5 Å². The number of nitrogens with zero attached hydrogens (tertiary/aromatic N) is 3. The lowest BCUT2D eigenvalue weighted by Crippen LogP contribution is -2.51. The van der Waals surface area contributed by atoms with Crippen molar-refractivity contribution in [2.24, 2.45) is 0 Å². The zero-order chi connectivity index (χ0) is 26.5. The molecule has 196 valence electrons. The highest BCUT2D eigenvalue weighted by Crippen LogP contribution is 2.31. The van der Waals surface area contributed by atoms with E-state index >= 15 is 0 Å². The van der Waals surface area contributed by atoms with Gasteiger partial charge in [-0.05, 0) is 53.0 Å². The van der Waals surface area contributed by atoms with Gasteiger partial charge in [-0.25, -0.2) is 4.79 Å². The average molecular weight is 501 g/mol. The number of amides is 1. The normalized spacial score (nSPS) is 16.6. The SMILES string of the molecule is CC(C)(C)OC(=O)NC(C)(C)C(=O)C[C@H](COCc1ccccc1)c1nnc2n1CCCC2C(=O)O. The number of rotatable bonds is 10. The second kappa shape index (κ2) is 11.2. The molecular weight excluding hydrogens is 464 g/mol. The summed E-state index contributed by atoms with van der Waals surface area (Å²) >= 11 is 0. The highest BCUT2D eigenvalue weighted by atomic mass is 16.6. The topological polar surface area (TPSA) is 133 Å². The summed E-state index contributed by atoms with van der Waals surface area (Å²) in [5, 5.41) is 20.7. The fourth-order valence-corrected chi connectivity index (χ4v) is 4.16. The zero-order valence-electron chi connectivity index (χ0n) is 21.6. The van der Waals surface area contributed by atoms with E-state index in [2.05, 4.69) is 15.5 Å². The van der Waals surface area contributed by atoms with Crippen LogP contribution in [-0.2, 0) is 32.2 Å². The van der Waals surface area contributed by atoms with Crippen molar-refractivity contribution in [3.63, 3.8) is 0 Å². The first kappa shape index (κ1) is 27.3. The number of aromatic nitrogens is 3. The van der Waals surface area contributed by atoms with Crippen LogP contribution in [0, 0.1) is 0 Å². The number of nitrogens with one attached hydrogen (secondary N) is 1. The highest BCUT2D eigenvalue weighted by Gasteiger charge is 2.37. The molecule has 36 heavy (non-hydrogen) atoms. The van der Waals surface area contributed by atoms with Gasteiger partial charge >= 0.3 is 12.1 Å². The Kier molecular flexibility index (Phi) is 8.50. The van der Waals surface area contributed by atoms with Gasteiger partial charge in [-0.1, -0.05) is 30.3 Å². The Balaban J connectivity index is 1.80. The number of ether oxygens (including phenoxy) is 2. The van der Waals surface area contributed by atoms with Gasteiger partial charge in [-0.15, -0.1) is 10.2 Å². The standard InChI is InChI=1S/C26H36N4O6/c1-25(2,3)36-24(34)27-26(4,5)20(31)14-18(16-35-15-17-10-7-6-8-11-17)21-28-29-22-19(23(32)33)12-9-13-30(21)22/h6-8,10-11,18-19H,9,12-16H2,1-5H3,(H,27,34)(H,32,33)/t18-,19?/m1/s1. The van der Waals surface area contributed by atoms with E-state index in [0.29, 0.717) is 37.6 Å². The lowest BCUT2D eigenvalue weighted by Gasteiger charge is -2.29. The van der Waals surface area contributed by atoms with Crippen molar-refractivity contribution in [1.29, 1.82) is 0 Å². The quantitative estimate of drug-likeness (QED) is 0.503. The summed E-state index contributed by atoms with van der Waals surface area (Å²) in [6, 6.07) is 9.66. The first-order chi connectivity index (χ1) is 16.9. The monoisotopic (exact) mass is 500 g/mol. The van der Waals surface area contributed by atoms with Crippen LogP contribution in [0.25, 0.3) is 0 Å². The van der Waals surface area contributed by atoms with Crippen LogP contribution in [0.4, 0.5) is 4.79 Å². The predicted octanol–water partition coefficient (Wildman–Crippen LogP) is 3.80. The summed E-state index contributed by atoms with van der Waals surface area (Å²) in [6.07, 6.45) is 0.510. The summed E-state index contributed by atoms with van der Waals surface area (Å²) < 4.78 is 13.1. The number of carbonyl (C=O) groups is 3. The third-order valence-electron chi connectivity index (χ3n) is 6.03. The van der Waals surface area contributed by atoms with Crippen molar-refractivity contribution < 1.29 is 29.0 Å². The Hall–Kier alpha value is -3.27. The number of carbonyl (C=O) groups excluding carboxylic acids is 2. The molecular formula is C26H36N4O6. The van der Waals surface area contributed by atoms with Crippen molar-refractivity contribution in [2.45, 2.75) is 90.0 Å². The molecule has 0 fully saturated rings. The number of carboxylic acids is 1. The molecule has 1 aromatic carbocycles. The van der Waals surface area contributed by atoms with Crippen molar-refractivity contribution in [2.75, 3.05) is 6.61 Å². The number of fused-ring (bicyclic) bond motifs is 1. The van der Waals surface area contributed by atoms with Crippen LogP contribution >= 0.6 is 0 Å². The lowest BCUT2D eigenvalue weighted by molar-refractivity contribution is -0.139. The van der Waals surface area contributed by atoms with Gasteiger partial charge in [-0.3, -0.25) is 9.59 Å². The second-order valence-electron chi connectivity index (χ2n) is 10.7. The van der Waals surface area contributed by atoms with Gasteiger partial charge in [0.05, 0.1) is 18.8 Å². The maximum absolute atomic E-state index is 13.4. The van der Waals surface area contributed by atoms with E-state index in [-0.39, 0.29) is 18.8 Å². The summed E-state index contributed by atoms with van der Waals surface area (Å²) in [7, 11) is 0.